The van der Waals surface area contributed by atoms with Crippen LogP contribution in [0.4, 0.5) is 0 Å². The van der Waals surface area contributed by atoms with Crippen LogP contribution in [0, 0.1) is 0 Å². The van der Waals surface area contributed by atoms with Gasteiger partial charge in [-0.05, 0) is 43.8 Å². The Kier molecular flexibility index (Phi) is 6.11. The van der Waals surface area contributed by atoms with Crippen LogP contribution in [0.25, 0.3) is 0 Å². The number of hydrogen-bond acceptors (Lipinski definition) is 4. The summed E-state index contributed by atoms with van der Waals surface area (Å²) in [6, 6.07) is 6.33. The van der Waals surface area contributed by atoms with Crippen molar-refractivity contribution in [1.29, 1.82) is 0 Å². The van der Waals surface area contributed by atoms with Crippen LogP contribution in [-0.4, -0.2) is 35.2 Å². The summed E-state index contributed by atoms with van der Waals surface area (Å²) < 4.78 is 31.3. The summed E-state index contributed by atoms with van der Waals surface area (Å²) in [5.41, 5.74) is 0. The first-order valence-electron chi connectivity index (χ1n) is 5.94. The maximum absolute atomic E-state index is 11.9. The summed E-state index contributed by atoms with van der Waals surface area (Å²) >= 11 is 0. The minimum atomic E-state index is -3.41. The first-order chi connectivity index (χ1) is 8.60. The van der Waals surface area contributed by atoms with Crippen LogP contribution in [0.2, 0.25) is 0 Å². The Labute approximate surface area is 109 Å². The fourth-order valence-corrected chi connectivity index (χ4v) is 2.51. The normalized spacial score (nSPS) is 11.4. The summed E-state index contributed by atoms with van der Waals surface area (Å²) in [6.45, 7) is 4.15. The van der Waals surface area contributed by atoms with Crippen molar-refractivity contribution in [3.05, 3.63) is 24.3 Å². The van der Waals surface area contributed by atoms with Gasteiger partial charge in [0, 0.05) is 6.54 Å². The lowest BCUT2D eigenvalue weighted by molar-refractivity contribution is 0.414. The Hall–Kier alpha value is -1.11. The number of methoxy groups -OCH3 is 1. The molecule has 1 rings (SSSR count). The molecule has 1 aromatic rings. The van der Waals surface area contributed by atoms with E-state index in [9.17, 15) is 8.42 Å². The van der Waals surface area contributed by atoms with E-state index in [1.165, 1.54) is 12.1 Å². The van der Waals surface area contributed by atoms with Crippen LogP contribution < -0.4 is 14.8 Å². The lowest BCUT2D eigenvalue weighted by Gasteiger charge is -2.07. The molecule has 0 heterocycles. The van der Waals surface area contributed by atoms with Crippen LogP contribution in [0.1, 0.15) is 13.3 Å². The van der Waals surface area contributed by atoms with Crippen molar-refractivity contribution in [2.45, 2.75) is 18.2 Å². The third-order valence-corrected chi connectivity index (χ3v) is 3.92. The minimum Gasteiger partial charge on any atom is -0.497 e. The lowest BCUT2D eigenvalue weighted by atomic mass is 10.3. The molecule has 2 N–H and O–H groups in total. The van der Waals surface area contributed by atoms with Crippen LogP contribution in [0.15, 0.2) is 29.2 Å². The van der Waals surface area contributed by atoms with Crippen molar-refractivity contribution in [2.24, 2.45) is 0 Å². The Morgan fingerprint density at radius 1 is 1.17 bits per heavy atom. The molecule has 0 bridgehead atoms. The lowest BCUT2D eigenvalue weighted by Crippen LogP contribution is -2.27. The Bertz CT molecular complexity index is 443. The third kappa shape index (κ3) is 4.64. The molecule has 5 nitrogen and oxygen atoms in total. The van der Waals surface area contributed by atoms with E-state index in [1.54, 1.807) is 19.2 Å². The van der Waals surface area contributed by atoms with Crippen molar-refractivity contribution in [1.82, 2.24) is 10.0 Å². The topological polar surface area (TPSA) is 67.4 Å². The zero-order valence-corrected chi connectivity index (χ0v) is 11.6. The van der Waals surface area contributed by atoms with E-state index in [0.717, 1.165) is 19.5 Å². The van der Waals surface area contributed by atoms with E-state index >= 15 is 0 Å². The number of sulfonamides is 1. The third-order valence-electron chi connectivity index (χ3n) is 2.44. The van der Waals surface area contributed by atoms with E-state index in [2.05, 4.69) is 10.0 Å². The fourth-order valence-electron chi connectivity index (χ4n) is 1.43. The van der Waals surface area contributed by atoms with E-state index < -0.39 is 10.0 Å². The molecule has 6 heteroatoms. The number of benzene rings is 1. The van der Waals surface area contributed by atoms with Gasteiger partial charge >= 0.3 is 0 Å². The molecule has 0 saturated heterocycles. The van der Waals surface area contributed by atoms with Gasteiger partial charge < -0.3 is 10.1 Å². The summed E-state index contributed by atoms with van der Waals surface area (Å²) in [6.07, 6.45) is 0.767. The van der Waals surface area contributed by atoms with E-state index in [1.807, 2.05) is 6.92 Å². The average Bonchev–Trinajstić information content (AvgIpc) is 2.38. The summed E-state index contributed by atoms with van der Waals surface area (Å²) in [7, 11) is -1.86. The van der Waals surface area contributed by atoms with Crippen molar-refractivity contribution >= 4 is 10.0 Å². The Morgan fingerprint density at radius 2 is 1.83 bits per heavy atom. The molecule has 0 aromatic heterocycles. The molecule has 0 fully saturated rings. The van der Waals surface area contributed by atoms with Crippen LogP contribution in [0.5, 0.6) is 5.75 Å². The second-order valence-electron chi connectivity index (χ2n) is 3.78. The monoisotopic (exact) mass is 272 g/mol. The number of ether oxygens (including phenoxy) is 1. The summed E-state index contributed by atoms with van der Waals surface area (Å²) in [4.78, 5) is 0.256. The maximum Gasteiger partial charge on any atom is 0.240 e. The maximum atomic E-state index is 11.9. The summed E-state index contributed by atoms with van der Waals surface area (Å²) in [5.74, 6) is 0.640. The zero-order valence-electron chi connectivity index (χ0n) is 10.8. The molecule has 0 aliphatic heterocycles. The number of rotatable bonds is 8. The standard InChI is InChI=1S/C12H20N2O3S/c1-3-13-9-4-10-14-18(15,16)12-7-5-11(17-2)6-8-12/h5-8,13-14H,3-4,9-10H2,1-2H3. The molecular formula is C12H20N2O3S. The van der Waals surface area contributed by atoms with Crippen molar-refractivity contribution in [3.8, 4) is 5.75 Å². The highest BCUT2D eigenvalue weighted by Gasteiger charge is 2.12. The highest BCUT2D eigenvalue weighted by Crippen LogP contribution is 2.14. The first-order valence-corrected chi connectivity index (χ1v) is 7.43. The van der Waals surface area contributed by atoms with Gasteiger partial charge in [-0.2, -0.15) is 0 Å². The van der Waals surface area contributed by atoms with Gasteiger partial charge in [-0.15, -0.1) is 0 Å². The minimum absolute atomic E-state index is 0.256. The molecule has 0 saturated carbocycles. The van der Waals surface area contributed by atoms with Gasteiger partial charge in [0.05, 0.1) is 12.0 Å². The second kappa shape index (κ2) is 7.35. The van der Waals surface area contributed by atoms with Gasteiger partial charge in [-0.1, -0.05) is 6.92 Å². The highest BCUT2D eigenvalue weighted by atomic mass is 32.2. The molecule has 0 spiro atoms. The molecule has 0 radical (unpaired) electrons. The fraction of sp³-hybridized carbons (Fsp3) is 0.500. The van der Waals surface area contributed by atoms with Crippen LogP contribution in [0.3, 0.4) is 0 Å². The highest BCUT2D eigenvalue weighted by molar-refractivity contribution is 7.89. The Balaban J connectivity index is 2.51. The van der Waals surface area contributed by atoms with Gasteiger partial charge in [0.1, 0.15) is 5.75 Å². The van der Waals surface area contributed by atoms with Gasteiger partial charge in [0.15, 0.2) is 0 Å². The van der Waals surface area contributed by atoms with Gasteiger partial charge in [-0.3, -0.25) is 0 Å². The molecule has 0 unspecified atom stereocenters. The molecule has 0 atom stereocenters. The van der Waals surface area contributed by atoms with E-state index in [0.29, 0.717) is 12.3 Å². The summed E-state index contributed by atoms with van der Waals surface area (Å²) in [5, 5.41) is 3.14. The molecule has 18 heavy (non-hydrogen) atoms. The molecule has 102 valence electrons. The van der Waals surface area contributed by atoms with Crippen molar-refractivity contribution < 1.29 is 13.2 Å². The molecule has 0 aliphatic rings. The average molecular weight is 272 g/mol. The quantitative estimate of drug-likeness (QED) is 0.692. The molecule has 0 amide bonds. The number of hydrogen-bond donors (Lipinski definition) is 2. The van der Waals surface area contributed by atoms with Crippen molar-refractivity contribution in [3.63, 3.8) is 0 Å². The van der Waals surface area contributed by atoms with Crippen LogP contribution in [-0.2, 0) is 10.0 Å². The first kappa shape index (κ1) is 14.9. The predicted octanol–water partition coefficient (Wildman–Crippen LogP) is 0.973. The molecular weight excluding hydrogens is 252 g/mol. The Morgan fingerprint density at radius 3 is 2.39 bits per heavy atom. The van der Waals surface area contributed by atoms with Crippen molar-refractivity contribution in [2.75, 3.05) is 26.7 Å². The predicted molar refractivity (Wildman–Crippen MR) is 71.3 cm³/mol. The molecule has 0 aliphatic carbocycles. The SMILES string of the molecule is CCNCCCNS(=O)(=O)c1ccc(OC)cc1. The second-order valence-corrected chi connectivity index (χ2v) is 5.55. The van der Waals surface area contributed by atoms with E-state index in [-0.39, 0.29) is 4.90 Å². The van der Waals surface area contributed by atoms with E-state index in [4.69, 9.17) is 4.74 Å². The van der Waals surface area contributed by atoms with Gasteiger partial charge in [-0.25, -0.2) is 13.1 Å². The zero-order chi connectivity index (χ0) is 13.4. The molecule has 1 aromatic carbocycles. The van der Waals surface area contributed by atoms with Gasteiger partial charge in [0.2, 0.25) is 10.0 Å². The number of nitrogens with one attached hydrogen (secondary N) is 2. The largest absolute Gasteiger partial charge is 0.497 e. The van der Waals surface area contributed by atoms with Crippen LogP contribution >= 0.6 is 0 Å². The smallest absolute Gasteiger partial charge is 0.240 e. The van der Waals surface area contributed by atoms with Gasteiger partial charge in [0.25, 0.3) is 0 Å².